The van der Waals surface area contributed by atoms with Crippen LogP contribution in [0, 0.1) is 11.7 Å². The van der Waals surface area contributed by atoms with Crippen LogP contribution in [-0.4, -0.2) is 40.9 Å². The molecule has 8 heteroatoms. The third-order valence-corrected chi connectivity index (χ3v) is 7.59. The van der Waals surface area contributed by atoms with Crippen LogP contribution in [0.1, 0.15) is 55.6 Å². The Balaban J connectivity index is 1.86. The van der Waals surface area contributed by atoms with E-state index in [4.69, 9.17) is 0 Å². The number of methoxy groups -OCH3 is 1. The summed E-state index contributed by atoms with van der Waals surface area (Å²) in [5.74, 6) is -2.50. The second-order valence-electron chi connectivity index (χ2n) is 11.0. The van der Waals surface area contributed by atoms with Crippen LogP contribution in [0.25, 0.3) is 22.4 Å². The maximum atomic E-state index is 14.8. The van der Waals surface area contributed by atoms with Crippen molar-refractivity contribution in [2.24, 2.45) is 5.92 Å². The highest BCUT2D eigenvalue weighted by Gasteiger charge is 2.31. The van der Waals surface area contributed by atoms with E-state index in [1.807, 2.05) is 79.1 Å². The fourth-order valence-corrected chi connectivity index (χ4v) is 5.40. The average molecular weight is 589 g/mol. The summed E-state index contributed by atoms with van der Waals surface area (Å²) < 4.78 is 35.5. The third-order valence-electron chi connectivity index (χ3n) is 7.59. The number of aromatic nitrogens is 1. The Hall–Kier alpha value is -4.30. The monoisotopic (exact) mass is 588 g/mol. The predicted octanol–water partition coefficient (Wildman–Crippen LogP) is 7.63. The number of amides is 1. The Kier molecular flexibility index (Phi) is 10.5. The molecular formula is C35H38F2N2O4. The first-order valence-corrected chi connectivity index (χ1v) is 14.5. The van der Waals surface area contributed by atoms with E-state index in [2.05, 4.69) is 10.1 Å². The minimum absolute atomic E-state index is 0.126. The number of ether oxygens (including phenoxy) is 1. The van der Waals surface area contributed by atoms with Crippen LogP contribution in [-0.2, 0) is 16.1 Å². The fraction of sp³-hybridized carbons (Fsp3) is 0.314. The number of hydrogen-bond acceptors (Lipinski definition) is 4. The highest BCUT2D eigenvalue weighted by Crippen LogP contribution is 2.42. The lowest BCUT2D eigenvalue weighted by Crippen LogP contribution is -2.28. The van der Waals surface area contributed by atoms with Gasteiger partial charge in [0.15, 0.2) is 0 Å². The highest BCUT2D eigenvalue weighted by atomic mass is 19.1. The lowest BCUT2D eigenvalue weighted by atomic mass is 9.94. The first kappa shape index (κ1) is 31.6. The number of aliphatic hydroxyl groups is 1. The van der Waals surface area contributed by atoms with Crippen LogP contribution in [0.3, 0.4) is 0 Å². The number of carbonyl (C=O) groups is 2. The molecule has 4 rings (SSSR count). The van der Waals surface area contributed by atoms with E-state index in [9.17, 15) is 23.5 Å². The topological polar surface area (TPSA) is 80.6 Å². The van der Waals surface area contributed by atoms with Crippen molar-refractivity contribution in [1.82, 2.24) is 4.57 Å². The van der Waals surface area contributed by atoms with Crippen LogP contribution in [0.5, 0.6) is 0 Å². The maximum Gasteiger partial charge on any atom is 0.311 e. The molecule has 6 nitrogen and oxygen atoms in total. The van der Waals surface area contributed by atoms with Crippen LogP contribution >= 0.6 is 0 Å². The molecule has 1 aromatic heterocycles. The van der Waals surface area contributed by atoms with Crippen molar-refractivity contribution < 1.29 is 28.2 Å². The molecule has 1 amide bonds. The zero-order chi connectivity index (χ0) is 31.1. The number of esters is 1. The number of carbonyl (C=O) groups excluding carboxylic acids is 2. The normalized spacial score (nSPS) is 13.4. The van der Waals surface area contributed by atoms with Gasteiger partial charge in [-0.05, 0) is 66.8 Å². The second-order valence-corrected chi connectivity index (χ2v) is 11.0. The predicted molar refractivity (Wildman–Crippen MR) is 165 cm³/mol. The molecule has 1 heterocycles. The van der Waals surface area contributed by atoms with Crippen molar-refractivity contribution in [3.05, 3.63) is 102 Å². The SMILES string of the molecule is COC(=O)C(C)[C@@H](F)CC(O)CCn1c(-c2ccc(F)cc2)c(-c2ccccc2)c(C(=O)Nc2ccccc2)c1C(C)C. The fourth-order valence-electron chi connectivity index (χ4n) is 5.40. The van der Waals surface area contributed by atoms with Crippen molar-refractivity contribution in [2.45, 2.75) is 58.4 Å². The lowest BCUT2D eigenvalue weighted by Gasteiger charge is -2.21. The summed E-state index contributed by atoms with van der Waals surface area (Å²) in [5, 5.41) is 13.9. The molecule has 0 saturated heterocycles. The van der Waals surface area contributed by atoms with Crippen molar-refractivity contribution in [3.8, 4) is 22.4 Å². The number of anilines is 1. The summed E-state index contributed by atoms with van der Waals surface area (Å²) in [6.45, 7) is 5.66. The molecule has 0 aliphatic carbocycles. The number of aliphatic hydroxyl groups excluding tert-OH is 1. The second kappa shape index (κ2) is 14.2. The zero-order valence-electron chi connectivity index (χ0n) is 24.9. The Morgan fingerprint density at radius 3 is 2.09 bits per heavy atom. The standard InChI is InChI=1S/C35H38F2N2O4/c1-22(2)32-31(34(41)38-27-13-9-6-10-14-27)30(24-11-7-5-8-12-24)33(25-15-17-26(36)18-16-25)39(32)20-19-28(40)21-29(37)23(3)35(42)43-4/h5-18,22-23,28-29,40H,19-21H2,1-4H3,(H,38,41)/t23?,28?,29-/m0/s1. The van der Waals surface area contributed by atoms with Gasteiger partial charge in [0.25, 0.3) is 5.91 Å². The number of para-hydroxylation sites is 1. The number of hydrogen-bond donors (Lipinski definition) is 2. The van der Waals surface area contributed by atoms with E-state index in [0.717, 1.165) is 11.3 Å². The molecule has 0 aliphatic heterocycles. The summed E-state index contributed by atoms with van der Waals surface area (Å²) in [4.78, 5) is 25.9. The molecule has 0 spiro atoms. The number of benzene rings is 3. The molecule has 2 N–H and O–H groups in total. The van der Waals surface area contributed by atoms with Crippen LogP contribution in [0.4, 0.5) is 14.5 Å². The first-order chi connectivity index (χ1) is 20.6. The molecule has 3 atom stereocenters. The van der Waals surface area contributed by atoms with Gasteiger partial charge in [-0.1, -0.05) is 62.4 Å². The van der Waals surface area contributed by atoms with Crippen molar-refractivity contribution in [2.75, 3.05) is 12.4 Å². The molecule has 0 radical (unpaired) electrons. The number of halogens is 2. The lowest BCUT2D eigenvalue weighted by molar-refractivity contribution is -0.147. The van der Waals surface area contributed by atoms with E-state index in [0.29, 0.717) is 28.1 Å². The maximum absolute atomic E-state index is 14.8. The Morgan fingerprint density at radius 1 is 0.907 bits per heavy atom. The number of nitrogens with zero attached hydrogens (tertiary/aromatic N) is 1. The summed E-state index contributed by atoms with van der Waals surface area (Å²) in [6.07, 6.45) is -2.73. The van der Waals surface area contributed by atoms with E-state index >= 15 is 0 Å². The largest absolute Gasteiger partial charge is 0.469 e. The molecule has 0 aliphatic rings. The van der Waals surface area contributed by atoms with E-state index in [1.54, 1.807) is 12.1 Å². The van der Waals surface area contributed by atoms with E-state index in [-0.39, 0.29) is 31.2 Å². The Morgan fingerprint density at radius 2 is 1.51 bits per heavy atom. The van der Waals surface area contributed by atoms with Gasteiger partial charge in [-0.25, -0.2) is 8.78 Å². The molecule has 0 bridgehead atoms. The smallest absolute Gasteiger partial charge is 0.311 e. The van der Waals surface area contributed by atoms with Crippen LogP contribution < -0.4 is 5.32 Å². The summed E-state index contributed by atoms with van der Waals surface area (Å²) in [5.41, 5.74) is 4.72. The Bertz CT molecular complexity index is 1520. The van der Waals surface area contributed by atoms with Gasteiger partial charge in [0.1, 0.15) is 12.0 Å². The van der Waals surface area contributed by atoms with Gasteiger partial charge >= 0.3 is 5.97 Å². The van der Waals surface area contributed by atoms with Crippen molar-refractivity contribution in [3.63, 3.8) is 0 Å². The third kappa shape index (κ3) is 7.38. The highest BCUT2D eigenvalue weighted by molar-refractivity contribution is 6.12. The van der Waals surface area contributed by atoms with Gasteiger partial charge in [-0.3, -0.25) is 9.59 Å². The minimum atomic E-state index is -1.58. The molecule has 2 unspecified atom stereocenters. The summed E-state index contributed by atoms with van der Waals surface area (Å²) in [6, 6.07) is 24.8. The Labute approximate surface area is 251 Å². The number of alkyl halides is 1. The van der Waals surface area contributed by atoms with E-state index in [1.165, 1.54) is 26.2 Å². The van der Waals surface area contributed by atoms with Gasteiger partial charge < -0.3 is 19.7 Å². The van der Waals surface area contributed by atoms with Gasteiger partial charge in [-0.15, -0.1) is 0 Å². The molecule has 0 saturated carbocycles. The summed E-state index contributed by atoms with van der Waals surface area (Å²) >= 11 is 0. The minimum Gasteiger partial charge on any atom is -0.469 e. The molecule has 4 aromatic rings. The number of rotatable bonds is 12. The average Bonchev–Trinajstić information content (AvgIpc) is 3.36. The quantitative estimate of drug-likeness (QED) is 0.167. The van der Waals surface area contributed by atoms with Crippen molar-refractivity contribution >= 4 is 17.6 Å². The number of nitrogens with one attached hydrogen (secondary N) is 1. The first-order valence-electron chi connectivity index (χ1n) is 14.5. The van der Waals surface area contributed by atoms with E-state index < -0.39 is 30.0 Å². The molecule has 0 fully saturated rings. The zero-order valence-corrected chi connectivity index (χ0v) is 24.9. The molecule has 43 heavy (non-hydrogen) atoms. The molecular weight excluding hydrogens is 550 g/mol. The van der Waals surface area contributed by atoms with Gasteiger partial charge in [0.2, 0.25) is 0 Å². The molecule has 226 valence electrons. The van der Waals surface area contributed by atoms with Crippen LogP contribution in [0.2, 0.25) is 0 Å². The molecule has 3 aromatic carbocycles. The van der Waals surface area contributed by atoms with Gasteiger partial charge in [0, 0.05) is 29.9 Å². The van der Waals surface area contributed by atoms with Crippen LogP contribution in [0.15, 0.2) is 84.9 Å². The van der Waals surface area contributed by atoms with Gasteiger partial charge in [0.05, 0.1) is 30.4 Å². The summed E-state index contributed by atoms with van der Waals surface area (Å²) in [7, 11) is 1.20. The van der Waals surface area contributed by atoms with Crippen molar-refractivity contribution in [1.29, 1.82) is 0 Å². The van der Waals surface area contributed by atoms with Gasteiger partial charge in [-0.2, -0.15) is 0 Å².